The molecule has 0 bridgehead atoms. The van der Waals surface area contributed by atoms with Crippen LogP contribution in [0.3, 0.4) is 0 Å². The molecule has 0 aromatic heterocycles. The fourth-order valence-corrected chi connectivity index (χ4v) is 1.89. The summed E-state index contributed by atoms with van der Waals surface area (Å²) in [5.74, 6) is -0.478. The van der Waals surface area contributed by atoms with Crippen LogP contribution in [-0.2, 0) is 0 Å². The highest BCUT2D eigenvalue weighted by Gasteiger charge is 2.11. The van der Waals surface area contributed by atoms with Crippen molar-refractivity contribution in [2.24, 2.45) is 0 Å². The SMILES string of the molecule is CCN(CC)CC(O)CNc1cccc(Cl)c1F. The van der Waals surface area contributed by atoms with E-state index >= 15 is 0 Å². The first-order valence-corrected chi connectivity index (χ1v) is 6.54. The minimum Gasteiger partial charge on any atom is -0.390 e. The molecule has 0 aliphatic carbocycles. The molecule has 0 fully saturated rings. The largest absolute Gasteiger partial charge is 0.390 e. The molecule has 18 heavy (non-hydrogen) atoms. The van der Waals surface area contributed by atoms with Crippen molar-refractivity contribution in [1.29, 1.82) is 0 Å². The number of halogens is 2. The lowest BCUT2D eigenvalue weighted by Crippen LogP contribution is -2.36. The first kappa shape index (κ1) is 15.2. The summed E-state index contributed by atoms with van der Waals surface area (Å²) in [4.78, 5) is 2.11. The highest BCUT2D eigenvalue weighted by atomic mass is 35.5. The van der Waals surface area contributed by atoms with Gasteiger partial charge in [0.05, 0.1) is 16.8 Å². The lowest BCUT2D eigenvalue weighted by atomic mass is 10.2. The van der Waals surface area contributed by atoms with E-state index in [-0.39, 0.29) is 5.02 Å². The second-order valence-corrected chi connectivity index (χ2v) is 4.53. The summed E-state index contributed by atoms with van der Waals surface area (Å²) >= 11 is 5.67. The summed E-state index contributed by atoms with van der Waals surface area (Å²) < 4.78 is 13.6. The van der Waals surface area contributed by atoms with Crippen LogP contribution in [0.4, 0.5) is 10.1 Å². The zero-order chi connectivity index (χ0) is 13.5. The van der Waals surface area contributed by atoms with E-state index in [1.54, 1.807) is 12.1 Å². The maximum Gasteiger partial charge on any atom is 0.164 e. The molecule has 2 N–H and O–H groups in total. The maximum absolute atomic E-state index is 13.6. The molecule has 1 aromatic rings. The molecule has 1 unspecified atom stereocenters. The molecule has 5 heteroatoms. The summed E-state index contributed by atoms with van der Waals surface area (Å²) in [7, 11) is 0. The normalized spacial score (nSPS) is 12.8. The lowest BCUT2D eigenvalue weighted by molar-refractivity contribution is 0.128. The van der Waals surface area contributed by atoms with Gasteiger partial charge in [-0.05, 0) is 25.2 Å². The summed E-state index contributed by atoms with van der Waals surface area (Å²) in [6, 6.07) is 4.77. The van der Waals surface area contributed by atoms with Gasteiger partial charge in [0, 0.05) is 13.1 Å². The number of anilines is 1. The third-order valence-corrected chi connectivity index (χ3v) is 3.14. The van der Waals surface area contributed by atoms with Gasteiger partial charge in [0.25, 0.3) is 0 Å². The highest BCUT2D eigenvalue weighted by molar-refractivity contribution is 6.31. The Hall–Kier alpha value is -0.840. The topological polar surface area (TPSA) is 35.5 Å². The Balaban J connectivity index is 2.47. The van der Waals surface area contributed by atoms with Gasteiger partial charge in [-0.25, -0.2) is 4.39 Å². The molecule has 1 rings (SSSR count). The molecule has 0 saturated carbocycles. The van der Waals surface area contributed by atoms with Gasteiger partial charge >= 0.3 is 0 Å². The van der Waals surface area contributed by atoms with E-state index in [2.05, 4.69) is 10.2 Å². The van der Waals surface area contributed by atoms with Gasteiger partial charge in [-0.3, -0.25) is 0 Å². The predicted octanol–water partition coefficient (Wildman–Crippen LogP) is 2.59. The predicted molar refractivity (Wildman–Crippen MR) is 73.7 cm³/mol. The van der Waals surface area contributed by atoms with Crippen LogP contribution in [-0.4, -0.2) is 42.3 Å². The Morgan fingerprint density at radius 1 is 1.39 bits per heavy atom. The van der Waals surface area contributed by atoms with Gasteiger partial charge in [-0.15, -0.1) is 0 Å². The van der Waals surface area contributed by atoms with E-state index < -0.39 is 11.9 Å². The third-order valence-electron chi connectivity index (χ3n) is 2.84. The van der Waals surface area contributed by atoms with Crippen LogP contribution in [0, 0.1) is 5.82 Å². The number of aliphatic hydroxyl groups is 1. The molecule has 102 valence electrons. The number of benzene rings is 1. The molecule has 0 aliphatic rings. The highest BCUT2D eigenvalue weighted by Crippen LogP contribution is 2.21. The average Bonchev–Trinajstić information content (AvgIpc) is 2.37. The summed E-state index contributed by atoms with van der Waals surface area (Å²) in [6.07, 6.45) is -0.539. The van der Waals surface area contributed by atoms with E-state index in [1.807, 2.05) is 13.8 Å². The minimum absolute atomic E-state index is 0.0817. The quantitative estimate of drug-likeness (QED) is 0.802. The van der Waals surface area contributed by atoms with Crippen molar-refractivity contribution in [2.45, 2.75) is 20.0 Å². The number of hydrogen-bond acceptors (Lipinski definition) is 3. The van der Waals surface area contributed by atoms with Crippen molar-refractivity contribution in [3.8, 4) is 0 Å². The summed E-state index contributed by atoms with van der Waals surface area (Å²) in [6.45, 7) is 6.73. The maximum atomic E-state index is 13.6. The number of nitrogens with zero attached hydrogens (tertiary/aromatic N) is 1. The number of hydrogen-bond donors (Lipinski definition) is 2. The van der Waals surface area contributed by atoms with Crippen LogP contribution < -0.4 is 5.32 Å². The number of rotatable bonds is 7. The number of nitrogens with one attached hydrogen (secondary N) is 1. The van der Waals surface area contributed by atoms with Crippen LogP contribution in [0.25, 0.3) is 0 Å². The van der Waals surface area contributed by atoms with Gasteiger partial charge in [-0.1, -0.05) is 31.5 Å². The number of likely N-dealkylation sites (N-methyl/N-ethyl adjacent to an activating group) is 1. The van der Waals surface area contributed by atoms with E-state index in [1.165, 1.54) is 6.07 Å². The fourth-order valence-electron chi connectivity index (χ4n) is 1.71. The fraction of sp³-hybridized carbons (Fsp3) is 0.538. The van der Waals surface area contributed by atoms with E-state index in [0.29, 0.717) is 18.8 Å². The molecule has 3 nitrogen and oxygen atoms in total. The van der Waals surface area contributed by atoms with Crippen molar-refractivity contribution in [3.63, 3.8) is 0 Å². The second kappa shape index (κ2) is 7.56. The van der Waals surface area contributed by atoms with E-state index in [0.717, 1.165) is 13.1 Å². The van der Waals surface area contributed by atoms with Gasteiger partial charge in [0.2, 0.25) is 0 Å². The monoisotopic (exact) mass is 274 g/mol. The minimum atomic E-state index is -0.539. The molecule has 0 heterocycles. The Labute approximate surface area is 113 Å². The van der Waals surface area contributed by atoms with Crippen molar-refractivity contribution in [3.05, 3.63) is 29.0 Å². The van der Waals surface area contributed by atoms with Crippen LogP contribution in [0.2, 0.25) is 5.02 Å². The smallest absolute Gasteiger partial charge is 0.164 e. The van der Waals surface area contributed by atoms with E-state index in [9.17, 15) is 9.50 Å². The van der Waals surface area contributed by atoms with Crippen molar-refractivity contribution in [2.75, 3.05) is 31.5 Å². The third kappa shape index (κ3) is 4.44. The van der Waals surface area contributed by atoms with Gasteiger partial charge < -0.3 is 15.3 Å². The summed E-state index contributed by atoms with van der Waals surface area (Å²) in [5.41, 5.74) is 0.320. The van der Waals surface area contributed by atoms with Crippen LogP contribution in [0.5, 0.6) is 0 Å². The van der Waals surface area contributed by atoms with Crippen LogP contribution >= 0.6 is 11.6 Å². The molecule has 0 aliphatic heterocycles. The van der Waals surface area contributed by atoms with Crippen molar-refractivity contribution >= 4 is 17.3 Å². The van der Waals surface area contributed by atoms with Crippen LogP contribution in [0.15, 0.2) is 18.2 Å². The standard InChI is InChI=1S/C13H20ClFN2O/c1-3-17(4-2)9-10(18)8-16-12-7-5-6-11(14)13(12)15/h5-7,10,16,18H,3-4,8-9H2,1-2H3. The summed E-state index contributed by atoms with van der Waals surface area (Å²) in [5, 5.41) is 12.8. The Morgan fingerprint density at radius 2 is 2.06 bits per heavy atom. The molecule has 0 spiro atoms. The van der Waals surface area contributed by atoms with Crippen molar-refractivity contribution < 1.29 is 9.50 Å². The van der Waals surface area contributed by atoms with E-state index in [4.69, 9.17) is 11.6 Å². The average molecular weight is 275 g/mol. The molecule has 0 amide bonds. The molecule has 1 atom stereocenters. The molecule has 1 aromatic carbocycles. The van der Waals surface area contributed by atoms with Crippen LogP contribution in [0.1, 0.15) is 13.8 Å². The molecule has 0 saturated heterocycles. The van der Waals surface area contributed by atoms with Crippen molar-refractivity contribution in [1.82, 2.24) is 4.90 Å². The Bertz CT molecular complexity index is 372. The zero-order valence-electron chi connectivity index (χ0n) is 10.8. The molecular formula is C13H20ClFN2O. The first-order chi connectivity index (χ1) is 8.58. The number of aliphatic hydroxyl groups excluding tert-OH is 1. The second-order valence-electron chi connectivity index (χ2n) is 4.12. The Kier molecular flexibility index (Phi) is 6.39. The van der Waals surface area contributed by atoms with Gasteiger partial charge in [0.1, 0.15) is 0 Å². The zero-order valence-corrected chi connectivity index (χ0v) is 11.5. The molecule has 0 radical (unpaired) electrons. The molecular weight excluding hydrogens is 255 g/mol. The lowest BCUT2D eigenvalue weighted by Gasteiger charge is -2.22. The first-order valence-electron chi connectivity index (χ1n) is 6.16. The Morgan fingerprint density at radius 3 is 2.67 bits per heavy atom. The van der Waals surface area contributed by atoms with Gasteiger partial charge in [0.15, 0.2) is 5.82 Å². The van der Waals surface area contributed by atoms with Gasteiger partial charge in [-0.2, -0.15) is 0 Å².